The van der Waals surface area contributed by atoms with Crippen molar-refractivity contribution < 1.29 is 134 Å². The summed E-state index contributed by atoms with van der Waals surface area (Å²) in [5.41, 5.74) is 17.6. The van der Waals surface area contributed by atoms with Crippen molar-refractivity contribution in [2.24, 2.45) is 10.8 Å². The molecule has 0 bridgehead atoms. The predicted molar refractivity (Wildman–Crippen MR) is 557 cm³/mol. The molecule has 753 valence electrons. The van der Waals surface area contributed by atoms with E-state index in [0.29, 0.717) is 33.3 Å². The van der Waals surface area contributed by atoms with Gasteiger partial charge in [0.2, 0.25) is 0 Å². The van der Waals surface area contributed by atoms with E-state index in [2.05, 4.69) is 182 Å². The fraction of sp³-hybridized carbons (Fsp3) is 0.207. The summed E-state index contributed by atoms with van der Waals surface area (Å²) in [5.74, 6) is -0.653. The van der Waals surface area contributed by atoms with E-state index in [-0.39, 0.29) is 163 Å². The molecule has 0 saturated carbocycles. The van der Waals surface area contributed by atoms with Crippen LogP contribution in [0.2, 0.25) is 0 Å². The summed E-state index contributed by atoms with van der Waals surface area (Å²) in [6.07, 6.45) is 14.7. The second-order valence-electron chi connectivity index (χ2n) is 38.9. The molecule has 2 N–H and O–H groups in total. The molecule has 24 heteroatoms. The molecule has 2 aliphatic carbocycles. The Labute approximate surface area is 915 Å². The molecule has 5 radical (unpaired) electrons. The number of fused-ring (bicyclic) bond motifs is 7. The van der Waals surface area contributed by atoms with Crippen LogP contribution in [0.3, 0.4) is 0 Å². The molecule has 2 aliphatic rings. The number of aliphatic hydroxyl groups is 2. The van der Waals surface area contributed by atoms with Gasteiger partial charge < -0.3 is 50.5 Å². The first-order valence-electron chi connectivity index (χ1n) is 46.1. The summed E-state index contributed by atoms with van der Waals surface area (Å²) in [5, 5.41) is 44.0. The molecule has 9 aromatic heterocycles. The third-order valence-electron chi connectivity index (χ3n) is 23.4. The van der Waals surface area contributed by atoms with Crippen LogP contribution in [-0.4, -0.2) is 71.8 Å². The standard InChI is InChI=1S/C19H14F2N.C18H13FN.2C15H10N.C14H9N2.2C12H14N3.C11H20O2.C5H8O2.5Ir/c1-10-9-13-15-11(17(10)21)7-8-22-18(15)12-5-4-6-14(20)16(12)19(13,2)3;1-18(2)13-7-3-5-11-9-10-20-17(15(11)13)12-6-4-8-14(19)16(12)18;2*1-2-7-13(8-3-1)15-14-9-5-4-6-12(14)10-11-16-15;1-2-6-11(7-3-1)14-12-8-4-5-9-13(12)15-10-16-14;2*1-12(2,3)11-8-10(14-15-11)9-6-4-5-7-13-9;1-10(2,3)8(12)7-9(13)11(4,5)6;1-4(6)3-5(2)7;;;;;/h4,6-9H,1-3H3;3-5,7-10H,1-2H3;2*1-7,9-11H;1-6,8-10H;2*4-8H,1-3H3;7,12H,1-6H3;3,6H,1-2H3;;;;;/q7*-1;;;;;;;. The van der Waals surface area contributed by atoms with Crippen LogP contribution < -0.4 is 10.2 Å². The maximum atomic E-state index is 14.5. The van der Waals surface area contributed by atoms with Crippen molar-refractivity contribution in [3.63, 3.8) is 0 Å². The van der Waals surface area contributed by atoms with Crippen molar-refractivity contribution in [2.45, 2.75) is 153 Å². The average Bonchev–Trinajstić information content (AvgIpc) is 1.64. The molecule has 0 aliphatic heterocycles. The van der Waals surface area contributed by atoms with E-state index in [4.69, 9.17) is 5.11 Å². The number of carbonyl (C=O) groups is 2. The summed E-state index contributed by atoms with van der Waals surface area (Å²) in [4.78, 5) is 56.3. The number of aromatic nitrogens is 12. The van der Waals surface area contributed by atoms with Gasteiger partial charge in [-0.1, -0.05) is 249 Å². The Balaban J connectivity index is 0.000000200. The van der Waals surface area contributed by atoms with Gasteiger partial charge in [0.1, 0.15) is 17.9 Å². The van der Waals surface area contributed by atoms with Gasteiger partial charge >= 0.3 is 0 Å². The topological polar surface area (TPSA) is 232 Å². The van der Waals surface area contributed by atoms with Crippen LogP contribution in [0.4, 0.5) is 13.2 Å². The van der Waals surface area contributed by atoms with Gasteiger partial charge in [-0.25, -0.2) is 18.2 Å². The van der Waals surface area contributed by atoms with E-state index in [1.54, 1.807) is 56.2 Å². The van der Waals surface area contributed by atoms with Crippen LogP contribution in [0.15, 0.2) is 334 Å². The molecule has 0 amide bonds. The number of hydrogen-bond donors (Lipinski definition) is 2. The van der Waals surface area contributed by atoms with Gasteiger partial charge in [0, 0.05) is 211 Å². The van der Waals surface area contributed by atoms with Crippen LogP contribution in [0.5, 0.6) is 0 Å². The number of aliphatic hydroxyl groups excluding tert-OH is 2. The van der Waals surface area contributed by atoms with Gasteiger partial charge in [-0.05, 0) is 174 Å². The van der Waals surface area contributed by atoms with Crippen LogP contribution >= 0.6 is 0 Å². The Kier molecular flexibility index (Phi) is 42.1. The normalized spacial score (nSPS) is 12.1. The molecule has 16 nitrogen and oxygen atoms in total. The molecular formula is C121H112F3Ir5N12O4-7. The number of aryl methyl sites for hydroxylation is 1. The van der Waals surface area contributed by atoms with Crippen molar-refractivity contribution in [3.8, 4) is 79.1 Å². The van der Waals surface area contributed by atoms with Gasteiger partial charge in [0.15, 0.2) is 11.6 Å². The SMILES string of the molecule is CC(=O)C=C(C)O.CC(C)(C)C(=O)C=C(O)C(C)(C)C.CC(C)(C)c1cc(-c2ccccn2)[n-]n1.CC(C)(C)c1cc(-c2ccccn2)[n-]n1.CC1(C)c2c([c-]ccc2F)-c2nccc3cccc1c23.Cc1cc2c3c(nccc3c1F)-c1[c-]ccc(F)c1C2(C)C.[Ir].[Ir].[Ir].[Ir].[Ir].[c-]1ccccc1-c1nccc2ccccc12.[c-]1ccccc1-c1nccc2ccccc12.[c-]1ccccc1-c1ncnc2ccccc12. The minimum absolute atomic E-state index is 0. The van der Waals surface area contributed by atoms with Gasteiger partial charge in [-0.15, -0.1) is 155 Å². The number of halogens is 3. The number of para-hydroxylation sites is 1. The Morgan fingerprint density at radius 3 is 1.19 bits per heavy atom. The summed E-state index contributed by atoms with van der Waals surface area (Å²) in [6.45, 7) is 36.5. The van der Waals surface area contributed by atoms with Crippen molar-refractivity contribution in [3.05, 3.63) is 421 Å². The van der Waals surface area contributed by atoms with Gasteiger partial charge in [-0.3, -0.25) is 24.5 Å². The number of pyridine rings is 6. The Bertz CT molecular complexity index is 7250. The second-order valence-corrected chi connectivity index (χ2v) is 38.9. The second kappa shape index (κ2) is 51.9. The molecule has 0 saturated heterocycles. The first kappa shape index (κ1) is 118. The zero-order valence-electron chi connectivity index (χ0n) is 84.0. The Hall–Kier alpha value is -12.6. The summed E-state index contributed by atoms with van der Waals surface area (Å²) < 4.78 is 43.4. The molecule has 19 aromatic rings. The van der Waals surface area contributed by atoms with Crippen LogP contribution in [-0.2, 0) is 132 Å². The molecule has 0 unspecified atom stereocenters. The zero-order valence-corrected chi connectivity index (χ0v) is 96.0. The van der Waals surface area contributed by atoms with Gasteiger partial charge in [-0.2, -0.15) is 0 Å². The predicted octanol–water partition coefficient (Wildman–Crippen LogP) is 28.8. The smallest absolute Gasteiger partial charge is 0.164 e. The molecule has 0 atom stereocenters. The van der Waals surface area contributed by atoms with E-state index in [1.807, 2.05) is 268 Å². The number of ketones is 2. The van der Waals surface area contributed by atoms with Crippen molar-refractivity contribution in [1.82, 2.24) is 60.3 Å². The fourth-order valence-electron chi connectivity index (χ4n) is 15.9. The van der Waals surface area contributed by atoms with Crippen LogP contribution in [0, 0.1) is 65.5 Å². The maximum Gasteiger partial charge on any atom is 0.164 e. The third kappa shape index (κ3) is 29.2. The quantitative estimate of drug-likeness (QED) is 0.0858. The van der Waals surface area contributed by atoms with E-state index in [0.717, 1.165) is 117 Å². The zero-order chi connectivity index (χ0) is 100. The van der Waals surface area contributed by atoms with E-state index < -0.39 is 10.8 Å². The van der Waals surface area contributed by atoms with E-state index >= 15 is 0 Å². The number of carbonyl (C=O) groups excluding carboxylic acids is 2. The summed E-state index contributed by atoms with van der Waals surface area (Å²) in [6, 6.07) is 102. The molecular weight excluding hydrogens is 2700 g/mol. The largest absolute Gasteiger partial charge is 0.573 e. The monoisotopic (exact) mass is 2820 g/mol. The van der Waals surface area contributed by atoms with Crippen molar-refractivity contribution in [2.75, 3.05) is 0 Å². The minimum atomic E-state index is -0.566. The minimum Gasteiger partial charge on any atom is -0.573 e. The van der Waals surface area contributed by atoms with Crippen molar-refractivity contribution >= 4 is 65.6 Å². The number of allylic oxidation sites excluding steroid dienone is 4. The fourth-order valence-corrected chi connectivity index (χ4v) is 15.9. The summed E-state index contributed by atoms with van der Waals surface area (Å²) >= 11 is 0. The Morgan fingerprint density at radius 2 is 0.779 bits per heavy atom. The first-order valence-corrected chi connectivity index (χ1v) is 46.1. The van der Waals surface area contributed by atoms with E-state index in [9.17, 15) is 27.9 Å². The number of hydrogen-bond acceptors (Lipinski definition) is 14. The summed E-state index contributed by atoms with van der Waals surface area (Å²) in [7, 11) is 0. The number of benzene rings is 10. The van der Waals surface area contributed by atoms with Gasteiger partial charge in [0.05, 0.1) is 11.3 Å². The molecule has 9 heterocycles. The van der Waals surface area contributed by atoms with E-state index in [1.165, 1.54) is 59.7 Å². The number of nitrogens with zero attached hydrogens (tertiary/aromatic N) is 12. The molecule has 145 heavy (non-hydrogen) atoms. The average molecular weight is 2820 g/mol. The molecule has 10 aromatic carbocycles. The first-order chi connectivity index (χ1) is 66.7. The molecule has 21 rings (SSSR count). The number of rotatable bonds is 7. The molecule has 0 fully saturated rings. The Morgan fingerprint density at radius 1 is 0.372 bits per heavy atom. The van der Waals surface area contributed by atoms with Crippen LogP contribution in [0.1, 0.15) is 164 Å². The maximum absolute atomic E-state index is 14.5. The molecule has 0 spiro atoms. The van der Waals surface area contributed by atoms with Gasteiger partial charge in [0.25, 0.3) is 0 Å². The van der Waals surface area contributed by atoms with Crippen molar-refractivity contribution in [1.29, 1.82) is 0 Å². The van der Waals surface area contributed by atoms with Crippen LogP contribution in [0.25, 0.3) is 133 Å². The third-order valence-corrected chi connectivity index (χ3v) is 23.4.